The number of aliphatic hydroxyl groups is 1. The number of piperidine rings is 1. The van der Waals surface area contributed by atoms with Crippen LogP contribution >= 0.6 is 0 Å². The molecule has 1 heterocycles. The van der Waals surface area contributed by atoms with E-state index in [0.717, 1.165) is 44.6 Å². The minimum Gasteiger partial charge on any atom is -0.392 e. The molecule has 1 fully saturated rings. The van der Waals surface area contributed by atoms with Crippen molar-refractivity contribution in [2.24, 2.45) is 11.7 Å². The van der Waals surface area contributed by atoms with E-state index < -0.39 is 6.04 Å². The molecule has 1 aromatic rings. The Labute approximate surface area is 145 Å². The van der Waals surface area contributed by atoms with Crippen molar-refractivity contribution in [2.75, 3.05) is 33.2 Å². The molecule has 24 heavy (non-hydrogen) atoms. The molecule has 1 aliphatic rings. The van der Waals surface area contributed by atoms with Crippen molar-refractivity contribution in [3.8, 4) is 0 Å². The van der Waals surface area contributed by atoms with Gasteiger partial charge >= 0.3 is 0 Å². The molecule has 1 aliphatic heterocycles. The van der Waals surface area contributed by atoms with Crippen molar-refractivity contribution in [3.05, 3.63) is 35.9 Å². The van der Waals surface area contributed by atoms with Crippen LogP contribution in [0.1, 0.15) is 25.3 Å². The van der Waals surface area contributed by atoms with Gasteiger partial charge in [0.2, 0.25) is 5.91 Å². The predicted octanol–water partition coefficient (Wildman–Crippen LogP) is 1.11. The third-order valence-corrected chi connectivity index (χ3v) is 4.75. The van der Waals surface area contributed by atoms with Crippen molar-refractivity contribution < 1.29 is 9.90 Å². The van der Waals surface area contributed by atoms with E-state index >= 15 is 0 Å². The SMILES string of the molecule is CC(O)CN1CCC(CN(C)C(=O)[C@@H](N)Cc2ccccc2)CC1. The summed E-state index contributed by atoms with van der Waals surface area (Å²) in [4.78, 5) is 16.6. The number of β-amino-alcohol motifs (C(OH)–C–C–N with tert-alkyl or cyclic N) is 1. The smallest absolute Gasteiger partial charge is 0.239 e. The summed E-state index contributed by atoms with van der Waals surface area (Å²) in [5.74, 6) is 0.540. The maximum atomic E-state index is 12.5. The van der Waals surface area contributed by atoms with Gasteiger partial charge in [-0.05, 0) is 50.8 Å². The van der Waals surface area contributed by atoms with Crippen LogP contribution in [0.4, 0.5) is 0 Å². The fraction of sp³-hybridized carbons (Fsp3) is 0.632. The van der Waals surface area contributed by atoms with Crippen LogP contribution in [0.25, 0.3) is 0 Å². The van der Waals surface area contributed by atoms with E-state index in [2.05, 4.69) is 4.90 Å². The van der Waals surface area contributed by atoms with Gasteiger partial charge in [0.25, 0.3) is 0 Å². The van der Waals surface area contributed by atoms with Crippen LogP contribution in [0.2, 0.25) is 0 Å². The molecule has 5 heteroatoms. The first-order valence-corrected chi connectivity index (χ1v) is 8.90. The highest BCUT2D eigenvalue weighted by atomic mass is 16.3. The molecule has 0 radical (unpaired) electrons. The third kappa shape index (κ3) is 5.89. The van der Waals surface area contributed by atoms with E-state index in [9.17, 15) is 9.90 Å². The Kier molecular flexibility index (Phi) is 7.21. The summed E-state index contributed by atoms with van der Waals surface area (Å²) in [5.41, 5.74) is 7.20. The zero-order valence-corrected chi connectivity index (χ0v) is 14.9. The van der Waals surface area contributed by atoms with Gasteiger partial charge < -0.3 is 20.6 Å². The highest BCUT2D eigenvalue weighted by Gasteiger charge is 2.24. The number of amides is 1. The van der Waals surface area contributed by atoms with Gasteiger partial charge in [0.05, 0.1) is 12.1 Å². The summed E-state index contributed by atoms with van der Waals surface area (Å²) in [6, 6.07) is 9.44. The van der Waals surface area contributed by atoms with E-state index in [1.807, 2.05) is 44.3 Å². The molecular formula is C19H31N3O2. The van der Waals surface area contributed by atoms with E-state index in [1.165, 1.54) is 0 Å². The molecule has 2 atom stereocenters. The van der Waals surface area contributed by atoms with Gasteiger partial charge in [-0.1, -0.05) is 30.3 Å². The maximum Gasteiger partial charge on any atom is 0.239 e. The molecule has 0 bridgehead atoms. The largest absolute Gasteiger partial charge is 0.392 e. The lowest BCUT2D eigenvalue weighted by Crippen LogP contribution is -2.46. The fourth-order valence-electron chi connectivity index (χ4n) is 3.44. The normalized spacial score (nSPS) is 19.0. The van der Waals surface area contributed by atoms with Gasteiger partial charge in [0, 0.05) is 20.1 Å². The first kappa shape index (κ1) is 18.9. The maximum absolute atomic E-state index is 12.5. The summed E-state index contributed by atoms with van der Waals surface area (Å²) in [5, 5.41) is 9.46. The monoisotopic (exact) mass is 333 g/mol. The number of hydrogen-bond acceptors (Lipinski definition) is 4. The summed E-state index contributed by atoms with van der Waals surface area (Å²) in [7, 11) is 1.86. The lowest BCUT2D eigenvalue weighted by atomic mass is 9.95. The van der Waals surface area contributed by atoms with Gasteiger partial charge in [-0.3, -0.25) is 4.79 Å². The Bertz CT molecular complexity index is 499. The molecule has 2 rings (SSSR count). The molecular weight excluding hydrogens is 302 g/mol. The molecule has 1 unspecified atom stereocenters. The zero-order valence-electron chi connectivity index (χ0n) is 14.9. The Balaban J connectivity index is 1.75. The Morgan fingerprint density at radius 1 is 1.33 bits per heavy atom. The molecule has 1 saturated heterocycles. The van der Waals surface area contributed by atoms with Gasteiger partial charge in [-0.15, -0.1) is 0 Å². The number of hydrogen-bond donors (Lipinski definition) is 2. The molecule has 0 aromatic heterocycles. The van der Waals surface area contributed by atoms with Crippen molar-refractivity contribution in [2.45, 2.75) is 38.3 Å². The summed E-state index contributed by atoms with van der Waals surface area (Å²) >= 11 is 0. The van der Waals surface area contributed by atoms with Crippen LogP contribution < -0.4 is 5.73 Å². The lowest BCUT2D eigenvalue weighted by molar-refractivity contribution is -0.132. The zero-order chi connectivity index (χ0) is 17.5. The van der Waals surface area contributed by atoms with Gasteiger partial charge in [0.15, 0.2) is 0 Å². The number of benzene rings is 1. The van der Waals surface area contributed by atoms with Gasteiger partial charge in [-0.25, -0.2) is 0 Å². The highest BCUT2D eigenvalue weighted by Crippen LogP contribution is 2.18. The average molecular weight is 333 g/mol. The topological polar surface area (TPSA) is 69.8 Å². The number of likely N-dealkylation sites (N-methyl/N-ethyl adjacent to an activating group) is 1. The second-order valence-electron chi connectivity index (χ2n) is 7.11. The van der Waals surface area contributed by atoms with E-state index in [4.69, 9.17) is 5.73 Å². The number of nitrogens with zero attached hydrogens (tertiary/aromatic N) is 2. The van der Waals surface area contributed by atoms with Crippen molar-refractivity contribution in [3.63, 3.8) is 0 Å². The van der Waals surface area contributed by atoms with Crippen molar-refractivity contribution >= 4 is 5.91 Å². The Morgan fingerprint density at radius 2 is 1.96 bits per heavy atom. The van der Waals surface area contributed by atoms with E-state index in [1.54, 1.807) is 4.90 Å². The van der Waals surface area contributed by atoms with Crippen LogP contribution in [0, 0.1) is 5.92 Å². The standard InChI is InChI=1S/C19H31N3O2/c1-15(23)13-22-10-8-17(9-11-22)14-21(2)19(24)18(20)12-16-6-4-3-5-7-16/h3-7,15,17-18,23H,8-14,20H2,1-2H3/t15?,18-/m0/s1. The Morgan fingerprint density at radius 3 is 2.54 bits per heavy atom. The van der Waals surface area contributed by atoms with Crippen LogP contribution in [0.5, 0.6) is 0 Å². The lowest BCUT2D eigenvalue weighted by Gasteiger charge is -2.34. The number of nitrogens with two attached hydrogens (primary N) is 1. The van der Waals surface area contributed by atoms with Crippen LogP contribution in [0.3, 0.4) is 0 Å². The number of carbonyl (C=O) groups is 1. The minimum atomic E-state index is -0.479. The molecule has 1 amide bonds. The van der Waals surface area contributed by atoms with Crippen LogP contribution in [-0.4, -0.2) is 66.2 Å². The predicted molar refractivity (Wildman–Crippen MR) is 96.6 cm³/mol. The number of aliphatic hydroxyl groups excluding tert-OH is 1. The number of likely N-dealkylation sites (tertiary alicyclic amines) is 1. The summed E-state index contributed by atoms with van der Waals surface area (Å²) in [6.07, 6.45) is 2.44. The molecule has 0 saturated carbocycles. The van der Waals surface area contributed by atoms with Crippen molar-refractivity contribution in [1.29, 1.82) is 0 Å². The molecule has 0 spiro atoms. The highest BCUT2D eigenvalue weighted by molar-refractivity contribution is 5.81. The molecule has 5 nitrogen and oxygen atoms in total. The van der Waals surface area contributed by atoms with E-state index in [0.29, 0.717) is 12.3 Å². The fourth-order valence-corrected chi connectivity index (χ4v) is 3.44. The second kappa shape index (κ2) is 9.16. The summed E-state index contributed by atoms with van der Waals surface area (Å²) in [6.45, 7) is 5.32. The third-order valence-electron chi connectivity index (χ3n) is 4.75. The molecule has 3 N–H and O–H groups in total. The van der Waals surface area contributed by atoms with Gasteiger partial charge in [-0.2, -0.15) is 0 Å². The summed E-state index contributed by atoms with van der Waals surface area (Å²) < 4.78 is 0. The number of rotatable bonds is 7. The molecule has 1 aromatic carbocycles. The van der Waals surface area contributed by atoms with Crippen molar-refractivity contribution in [1.82, 2.24) is 9.80 Å². The Hall–Kier alpha value is -1.43. The van der Waals surface area contributed by atoms with Crippen LogP contribution in [0.15, 0.2) is 30.3 Å². The average Bonchev–Trinajstić information content (AvgIpc) is 2.56. The van der Waals surface area contributed by atoms with Crippen LogP contribution in [-0.2, 0) is 11.2 Å². The minimum absolute atomic E-state index is 0.0188. The first-order valence-electron chi connectivity index (χ1n) is 8.90. The van der Waals surface area contributed by atoms with Gasteiger partial charge in [0.1, 0.15) is 0 Å². The second-order valence-corrected chi connectivity index (χ2v) is 7.11. The molecule has 0 aliphatic carbocycles. The molecule has 134 valence electrons. The van der Waals surface area contributed by atoms with E-state index in [-0.39, 0.29) is 12.0 Å². The first-order chi connectivity index (χ1) is 11.5. The number of carbonyl (C=O) groups excluding carboxylic acids is 1. The quantitative estimate of drug-likeness (QED) is 0.784.